The molecule has 0 saturated carbocycles. The molecule has 0 bridgehead atoms. The van der Waals surface area contributed by atoms with Crippen molar-refractivity contribution in [2.45, 2.75) is 20.0 Å². The molecule has 0 amide bonds. The largest absolute Gasteiger partial charge is 0.417 e. The van der Waals surface area contributed by atoms with Crippen molar-refractivity contribution in [1.82, 2.24) is 10.4 Å². The number of aromatic nitrogens is 1. The van der Waals surface area contributed by atoms with Gasteiger partial charge in [-0.05, 0) is 55.4 Å². The van der Waals surface area contributed by atoms with Crippen LogP contribution in [0.4, 0.5) is 24.7 Å². The predicted octanol–water partition coefficient (Wildman–Crippen LogP) is 4.68. The maximum atomic E-state index is 12.6. The lowest BCUT2D eigenvalue weighted by Crippen LogP contribution is -2.33. The molecule has 3 N–H and O–H groups in total. The minimum Gasteiger partial charge on any atom is -0.331 e. The number of alkyl halides is 3. The highest BCUT2D eigenvalue weighted by Gasteiger charge is 2.31. The van der Waals surface area contributed by atoms with Crippen LogP contribution in [0.2, 0.25) is 5.02 Å². The average molecular weight is 375 g/mol. The summed E-state index contributed by atoms with van der Waals surface area (Å²) in [6.07, 6.45) is -3.81. The summed E-state index contributed by atoms with van der Waals surface area (Å²) in [4.78, 5) is 3.64. The molecule has 2 rings (SSSR count). The van der Waals surface area contributed by atoms with Crippen molar-refractivity contribution in [3.8, 4) is 0 Å². The van der Waals surface area contributed by atoms with E-state index in [1.807, 2.05) is 32.0 Å². The van der Waals surface area contributed by atoms with Crippen LogP contribution in [0.15, 0.2) is 30.5 Å². The van der Waals surface area contributed by atoms with Crippen molar-refractivity contribution < 1.29 is 13.2 Å². The molecule has 0 aliphatic rings. The van der Waals surface area contributed by atoms with E-state index in [1.54, 1.807) is 0 Å². The quantitative estimate of drug-likeness (QED) is 0.537. The summed E-state index contributed by atoms with van der Waals surface area (Å²) in [5.41, 5.74) is 7.31. The monoisotopic (exact) mass is 374 g/mol. The van der Waals surface area contributed by atoms with Crippen LogP contribution < -0.4 is 16.2 Å². The number of anilines is 2. The lowest BCUT2D eigenvalue weighted by Gasteiger charge is -2.14. The number of benzene rings is 1. The number of rotatable bonds is 3. The van der Waals surface area contributed by atoms with Crippen LogP contribution in [0, 0.1) is 13.8 Å². The number of hydrogen-bond acceptors (Lipinski definition) is 3. The molecule has 4 nitrogen and oxygen atoms in total. The third-order valence-corrected chi connectivity index (χ3v) is 3.72. The number of nitrogens with zero attached hydrogens (tertiary/aromatic N) is 1. The molecule has 1 aromatic heterocycles. The molecule has 0 aliphatic carbocycles. The van der Waals surface area contributed by atoms with Crippen molar-refractivity contribution in [3.05, 3.63) is 52.2 Å². The van der Waals surface area contributed by atoms with E-state index < -0.39 is 11.7 Å². The number of hydrazine groups is 1. The van der Waals surface area contributed by atoms with Crippen molar-refractivity contribution >= 4 is 40.4 Å². The molecule has 0 spiro atoms. The van der Waals surface area contributed by atoms with Gasteiger partial charge in [0.1, 0.15) is 0 Å². The Hall–Kier alpha value is -2.06. The van der Waals surface area contributed by atoms with Gasteiger partial charge in [-0.2, -0.15) is 13.2 Å². The molecule has 24 heavy (non-hydrogen) atoms. The molecule has 0 fully saturated rings. The zero-order chi connectivity index (χ0) is 17.9. The zero-order valence-corrected chi connectivity index (χ0v) is 14.3. The second kappa shape index (κ2) is 7.23. The van der Waals surface area contributed by atoms with Gasteiger partial charge in [-0.15, -0.1) is 0 Å². The molecule has 0 unspecified atom stereocenters. The van der Waals surface area contributed by atoms with Gasteiger partial charge in [0.2, 0.25) is 0 Å². The second-order valence-electron chi connectivity index (χ2n) is 5.06. The first-order chi connectivity index (χ1) is 11.2. The van der Waals surface area contributed by atoms with Crippen molar-refractivity contribution in [1.29, 1.82) is 0 Å². The zero-order valence-electron chi connectivity index (χ0n) is 12.8. The van der Waals surface area contributed by atoms with E-state index in [-0.39, 0.29) is 16.0 Å². The topological polar surface area (TPSA) is 49.0 Å². The van der Waals surface area contributed by atoms with Crippen LogP contribution in [0.3, 0.4) is 0 Å². The molecular weight excluding hydrogens is 361 g/mol. The lowest BCUT2D eigenvalue weighted by atomic mass is 10.1. The van der Waals surface area contributed by atoms with Gasteiger partial charge in [-0.3, -0.25) is 10.9 Å². The van der Waals surface area contributed by atoms with Crippen LogP contribution >= 0.6 is 23.8 Å². The third kappa shape index (κ3) is 4.72. The number of hydrogen-bond donors (Lipinski definition) is 3. The Balaban J connectivity index is 1.97. The van der Waals surface area contributed by atoms with Gasteiger partial charge in [0.15, 0.2) is 10.9 Å². The first-order valence-electron chi connectivity index (χ1n) is 6.80. The highest BCUT2D eigenvalue weighted by atomic mass is 35.5. The molecule has 9 heteroatoms. The minimum atomic E-state index is -4.50. The Morgan fingerprint density at radius 2 is 1.88 bits per heavy atom. The fourth-order valence-corrected chi connectivity index (χ4v) is 2.16. The highest BCUT2D eigenvalue weighted by molar-refractivity contribution is 7.80. The Bertz CT molecular complexity index is 765. The summed E-state index contributed by atoms with van der Waals surface area (Å²) in [7, 11) is 0. The van der Waals surface area contributed by atoms with Crippen molar-refractivity contribution in [3.63, 3.8) is 0 Å². The van der Waals surface area contributed by atoms with Gasteiger partial charge in [-0.25, -0.2) is 4.98 Å². The van der Waals surface area contributed by atoms with Crippen molar-refractivity contribution in [2.75, 3.05) is 10.7 Å². The maximum absolute atomic E-state index is 12.6. The summed E-state index contributed by atoms with van der Waals surface area (Å²) in [5, 5.41) is 2.99. The predicted molar refractivity (Wildman–Crippen MR) is 93.1 cm³/mol. The molecule has 0 aliphatic heterocycles. The van der Waals surface area contributed by atoms with E-state index in [9.17, 15) is 13.2 Å². The normalized spacial score (nSPS) is 11.1. The number of thiocarbonyl (C=S) groups is 1. The summed E-state index contributed by atoms with van der Waals surface area (Å²) >= 11 is 10.9. The SMILES string of the molecule is Cc1ccc(NC(=S)NNc2ncc(C(F)(F)F)cc2Cl)cc1C. The minimum absolute atomic E-state index is 0.0360. The molecule has 0 saturated heterocycles. The Morgan fingerprint density at radius 3 is 2.46 bits per heavy atom. The number of aryl methyl sites for hydroxylation is 2. The first-order valence-corrected chi connectivity index (χ1v) is 7.58. The lowest BCUT2D eigenvalue weighted by molar-refractivity contribution is -0.137. The summed E-state index contributed by atoms with van der Waals surface area (Å²) < 4.78 is 37.7. The maximum Gasteiger partial charge on any atom is 0.417 e. The average Bonchev–Trinajstić information content (AvgIpc) is 2.49. The standard InChI is InChI=1S/C15H14ClF3N4S/c1-8-3-4-11(5-9(8)2)21-14(24)23-22-13-12(16)6-10(7-20-13)15(17,18)19/h3-7H,1-2H3,(H,20,22)(H2,21,23,24). The molecule has 0 radical (unpaired) electrons. The molecular formula is C15H14ClF3N4S. The van der Waals surface area contributed by atoms with Gasteiger partial charge in [-0.1, -0.05) is 17.7 Å². The summed E-state index contributed by atoms with van der Waals surface area (Å²) in [6.45, 7) is 3.97. The van der Waals surface area contributed by atoms with Gasteiger partial charge >= 0.3 is 6.18 Å². The van der Waals surface area contributed by atoms with Crippen LogP contribution in [-0.2, 0) is 6.18 Å². The first kappa shape index (κ1) is 18.3. The molecule has 2 aromatic rings. The smallest absolute Gasteiger partial charge is 0.331 e. The van der Waals surface area contributed by atoms with Crippen LogP contribution in [0.5, 0.6) is 0 Å². The van der Waals surface area contributed by atoms with Crippen LogP contribution in [-0.4, -0.2) is 10.1 Å². The molecule has 128 valence electrons. The second-order valence-corrected chi connectivity index (χ2v) is 5.87. The van der Waals surface area contributed by atoms with Crippen LogP contribution in [0.25, 0.3) is 0 Å². The van der Waals surface area contributed by atoms with Gasteiger partial charge < -0.3 is 5.32 Å². The van der Waals surface area contributed by atoms with Gasteiger partial charge in [0.05, 0.1) is 10.6 Å². The Morgan fingerprint density at radius 1 is 1.17 bits per heavy atom. The fraction of sp³-hybridized carbons (Fsp3) is 0.200. The van der Waals surface area contributed by atoms with E-state index >= 15 is 0 Å². The third-order valence-electron chi connectivity index (χ3n) is 3.23. The highest BCUT2D eigenvalue weighted by Crippen LogP contribution is 2.32. The number of nitrogens with one attached hydrogen (secondary N) is 3. The number of halogens is 4. The van der Waals surface area contributed by atoms with Crippen LogP contribution in [0.1, 0.15) is 16.7 Å². The molecule has 0 atom stereocenters. The van der Waals surface area contributed by atoms with Gasteiger partial charge in [0, 0.05) is 11.9 Å². The van der Waals surface area contributed by atoms with E-state index in [2.05, 4.69) is 21.2 Å². The van der Waals surface area contributed by atoms with Gasteiger partial charge in [0.25, 0.3) is 0 Å². The summed E-state index contributed by atoms with van der Waals surface area (Å²) in [5.74, 6) is 0.0360. The number of pyridine rings is 1. The Kier molecular flexibility index (Phi) is 5.51. The van der Waals surface area contributed by atoms with E-state index in [0.717, 1.165) is 22.9 Å². The van der Waals surface area contributed by atoms with E-state index in [1.165, 1.54) is 0 Å². The fourth-order valence-electron chi connectivity index (χ4n) is 1.78. The summed E-state index contributed by atoms with van der Waals surface area (Å²) in [6, 6.07) is 6.52. The van der Waals surface area contributed by atoms with E-state index in [4.69, 9.17) is 23.8 Å². The Labute approximate surface area is 147 Å². The molecule has 1 heterocycles. The van der Waals surface area contributed by atoms with Crippen molar-refractivity contribution in [2.24, 2.45) is 0 Å². The van der Waals surface area contributed by atoms with E-state index in [0.29, 0.717) is 6.20 Å². The molecule has 1 aromatic carbocycles.